The van der Waals surface area contributed by atoms with Crippen molar-refractivity contribution in [2.75, 3.05) is 6.54 Å². The first kappa shape index (κ1) is 19.6. The van der Waals surface area contributed by atoms with Crippen LogP contribution in [0.4, 0.5) is 0 Å². The van der Waals surface area contributed by atoms with E-state index in [0.29, 0.717) is 13.2 Å². The van der Waals surface area contributed by atoms with Crippen LogP contribution in [0.25, 0.3) is 0 Å². The first-order valence-electron chi connectivity index (χ1n) is 8.18. The summed E-state index contributed by atoms with van der Waals surface area (Å²) in [7, 11) is 0. The minimum atomic E-state index is -0.0352. The van der Waals surface area contributed by atoms with Crippen LogP contribution < -0.4 is 15.4 Å². The quantitative estimate of drug-likeness (QED) is 0.802. The molecular weight excluding hydrogens is 359 g/mol. The SMILES string of the molecule is Cl.O=C(NCc1ccc(OCc2ccc(Cl)cc2)cc1)C1CCCN1. The molecule has 2 N–H and O–H groups in total. The lowest BCUT2D eigenvalue weighted by atomic mass is 10.2. The maximum absolute atomic E-state index is 12.0. The third-order valence-corrected chi connectivity index (χ3v) is 4.34. The van der Waals surface area contributed by atoms with E-state index >= 15 is 0 Å². The highest BCUT2D eigenvalue weighted by Crippen LogP contribution is 2.16. The molecule has 0 saturated carbocycles. The van der Waals surface area contributed by atoms with Gasteiger partial charge < -0.3 is 15.4 Å². The Morgan fingerprint density at radius 1 is 1.12 bits per heavy atom. The van der Waals surface area contributed by atoms with E-state index in [-0.39, 0.29) is 24.4 Å². The van der Waals surface area contributed by atoms with Crippen LogP contribution in [0.3, 0.4) is 0 Å². The molecule has 1 unspecified atom stereocenters. The van der Waals surface area contributed by atoms with Crippen molar-refractivity contribution in [3.8, 4) is 5.75 Å². The molecule has 1 fully saturated rings. The van der Waals surface area contributed by atoms with E-state index in [1.165, 1.54) is 0 Å². The molecule has 1 aliphatic heterocycles. The van der Waals surface area contributed by atoms with Crippen molar-refractivity contribution < 1.29 is 9.53 Å². The monoisotopic (exact) mass is 380 g/mol. The fourth-order valence-corrected chi connectivity index (χ4v) is 2.80. The predicted molar refractivity (Wildman–Crippen MR) is 102 cm³/mol. The van der Waals surface area contributed by atoms with Gasteiger partial charge in [-0.05, 0) is 54.8 Å². The first-order valence-corrected chi connectivity index (χ1v) is 8.56. The van der Waals surface area contributed by atoms with Gasteiger partial charge in [-0.2, -0.15) is 0 Å². The number of amides is 1. The molecule has 6 heteroatoms. The minimum Gasteiger partial charge on any atom is -0.489 e. The van der Waals surface area contributed by atoms with Crippen molar-refractivity contribution in [3.05, 3.63) is 64.7 Å². The lowest BCUT2D eigenvalue weighted by molar-refractivity contribution is -0.122. The van der Waals surface area contributed by atoms with E-state index < -0.39 is 0 Å². The maximum Gasteiger partial charge on any atom is 0.237 e. The summed E-state index contributed by atoms with van der Waals surface area (Å²) in [5, 5.41) is 6.89. The maximum atomic E-state index is 12.0. The van der Waals surface area contributed by atoms with Crippen LogP contribution in [0.5, 0.6) is 5.75 Å². The van der Waals surface area contributed by atoms with Gasteiger partial charge in [0.2, 0.25) is 5.91 Å². The standard InChI is InChI=1S/C19H21ClN2O2.ClH/c20-16-7-3-15(4-8-16)13-24-17-9-5-14(6-10-17)12-22-19(23)18-2-1-11-21-18;/h3-10,18,21H,1-2,11-13H2,(H,22,23);1H. The summed E-state index contributed by atoms with van der Waals surface area (Å²) in [4.78, 5) is 12.0. The van der Waals surface area contributed by atoms with Crippen molar-refractivity contribution in [1.29, 1.82) is 0 Å². The topological polar surface area (TPSA) is 50.4 Å². The van der Waals surface area contributed by atoms with E-state index in [4.69, 9.17) is 16.3 Å². The van der Waals surface area contributed by atoms with Crippen LogP contribution in [0, 0.1) is 0 Å². The number of carbonyl (C=O) groups is 1. The van der Waals surface area contributed by atoms with Crippen molar-refractivity contribution >= 4 is 29.9 Å². The molecule has 1 amide bonds. The largest absolute Gasteiger partial charge is 0.489 e. The summed E-state index contributed by atoms with van der Waals surface area (Å²) in [6.07, 6.45) is 1.99. The highest BCUT2D eigenvalue weighted by atomic mass is 35.5. The Morgan fingerprint density at radius 2 is 1.80 bits per heavy atom. The summed E-state index contributed by atoms with van der Waals surface area (Å²) in [5.41, 5.74) is 2.12. The molecule has 0 bridgehead atoms. The molecule has 1 saturated heterocycles. The number of halogens is 2. The number of ether oxygens (including phenoxy) is 1. The Bertz CT molecular complexity index is 669. The molecule has 0 radical (unpaired) electrons. The number of hydrogen-bond acceptors (Lipinski definition) is 3. The van der Waals surface area contributed by atoms with E-state index in [2.05, 4.69) is 10.6 Å². The summed E-state index contributed by atoms with van der Waals surface area (Å²) >= 11 is 5.86. The molecule has 2 aromatic carbocycles. The van der Waals surface area contributed by atoms with Crippen molar-refractivity contribution in [1.82, 2.24) is 10.6 Å². The molecule has 1 heterocycles. The lowest BCUT2D eigenvalue weighted by Gasteiger charge is -2.11. The zero-order valence-electron chi connectivity index (χ0n) is 13.8. The Labute approximate surface area is 159 Å². The summed E-state index contributed by atoms with van der Waals surface area (Å²) < 4.78 is 5.75. The van der Waals surface area contributed by atoms with E-state index in [1.54, 1.807) is 0 Å². The molecule has 0 spiro atoms. The number of benzene rings is 2. The van der Waals surface area contributed by atoms with Crippen molar-refractivity contribution in [2.45, 2.75) is 32.0 Å². The van der Waals surface area contributed by atoms with Gasteiger partial charge >= 0.3 is 0 Å². The van der Waals surface area contributed by atoms with Gasteiger partial charge in [-0.1, -0.05) is 35.9 Å². The van der Waals surface area contributed by atoms with Crippen molar-refractivity contribution in [2.24, 2.45) is 0 Å². The summed E-state index contributed by atoms with van der Waals surface area (Å²) in [6.45, 7) is 1.97. The molecular formula is C19H22Cl2N2O2. The van der Waals surface area contributed by atoms with Gasteiger partial charge in [0.25, 0.3) is 0 Å². The second kappa shape index (κ2) is 9.66. The van der Waals surface area contributed by atoms with Gasteiger partial charge in [-0.15, -0.1) is 12.4 Å². The van der Waals surface area contributed by atoms with Crippen LogP contribution in [-0.2, 0) is 17.9 Å². The molecule has 134 valence electrons. The molecule has 4 nitrogen and oxygen atoms in total. The zero-order chi connectivity index (χ0) is 16.8. The number of carbonyl (C=O) groups excluding carboxylic acids is 1. The molecule has 2 aromatic rings. The smallest absolute Gasteiger partial charge is 0.237 e. The van der Waals surface area contributed by atoms with E-state index in [0.717, 1.165) is 41.3 Å². The highest BCUT2D eigenvalue weighted by Gasteiger charge is 2.21. The Balaban J connectivity index is 0.00000225. The van der Waals surface area contributed by atoms with E-state index in [9.17, 15) is 4.79 Å². The van der Waals surface area contributed by atoms with Gasteiger partial charge in [0, 0.05) is 11.6 Å². The van der Waals surface area contributed by atoms with Gasteiger partial charge in [-0.25, -0.2) is 0 Å². The zero-order valence-corrected chi connectivity index (χ0v) is 15.4. The van der Waals surface area contributed by atoms with Crippen LogP contribution >= 0.6 is 24.0 Å². The van der Waals surface area contributed by atoms with Crippen LogP contribution in [0.1, 0.15) is 24.0 Å². The average Bonchev–Trinajstić information content (AvgIpc) is 3.15. The minimum absolute atomic E-state index is 0. The van der Waals surface area contributed by atoms with Gasteiger partial charge in [-0.3, -0.25) is 4.79 Å². The van der Waals surface area contributed by atoms with Gasteiger partial charge in [0.15, 0.2) is 0 Å². The molecule has 25 heavy (non-hydrogen) atoms. The molecule has 0 aliphatic carbocycles. The van der Waals surface area contributed by atoms with E-state index in [1.807, 2.05) is 48.5 Å². The van der Waals surface area contributed by atoms with Crippen LogP contribution in [0.2, 0.25) is 5.02 Å². The first-order chi connectivity index (χ1) is 11.7. The Morgan fingerprint density at radius 3 is 2.44 bits per heavy atom. The molecule has 1 aliphatic rings. The normalized spacial score (nSPS) is 16.1. The number of rotatable bonds is 6. The second-order valence-electron chi connectivity index (χ2n) is 5.93. The number of nitrogens with one attached hydrogen (secondary N) is 2. The van der Waals surface area contributed by atoms with Crippen LogP contribution in [-0.4, -0.2) is 18.5 Å². The predicted octanol–water partition coefficient (Wildman–Crippen LogP) is 3.71. The fourth-order valence-electron chi connectivity index (χ4n) is 2.67. The molecule has 1 atom stereocenters. The van der Waals surface area contributed by atoms with Crippen molar-refractivity contribution in [3.63, 3.8) is 0 Å². The number of hydrogen-bond donors (Lipinski definition) is 2. The Kier molecular flexibility index (Phi) is 7.56. The van der Waals surface area contributed by atoms with Gasteiger partial charge in [0.1, 0.15) is 12.4 Å². The second-order valence-corrected chi connectivity index (χ2v) is 6.36. The third-order valence-electron chi connectivity index (χ3n) is 4.09. The summed E-state index contributed by atoms with van der Waals surface area (Å²) in [6, 6.07) is 15.4. The average molecular weight is 381 g/mol. The summed E-state index contributed by atoms with van der Waals surface area (Å²) in [5.74, 6) is 0.882. The Hall–Kier alpha value is -1.75. The van der Waals surface area contributed by atoms with Gasteiger partial charge in [0.05, 0.1) is 6.04 Å². The fraction of sp³-hybridized carbons (Fsp3) is 0.316. The van der Waals surface area contributed by atoms with Crippen LogP contribution in [0.15, 0.2) is 48.5 Å². The molecule has 0 aromatic heterocycles. The third kappa shape index (κ3) is 5.92. The lowest BCUT2D eigenvalue weighted by Crippen LogP contribution is -2.39. The highest BCUT2D eigenvalue weighted by molar-refractivity contribution is 6.30. The molecule has 3 rings (SSSR count).